The summed E-state index contributed by atoms with van der Waals surface area (Å²) in [7, 11) is 1.53. The number of aromatic nitrogens is 1. The fourth-order valence-electron chi connectivity index (χ4n) is 1.78. The molecule has 0 aliphatic carbocycles. The first kappa shape index (κ1) is 17.1. The van der Waals surface area contributed by atoms with Gasteiger partial charge in [0, 0.05) is 12.1 Å². The van der Waals surface area contributed by atoms with Crippen molar-refractivity contribution in [2.45, 2.75) is 6.92 Å². The number of hydrogen-bond donors (Lipinski definition) is 1. The van der Waals surface area contributed by atoms with Crippen molar-refractivity contribution >= 4 is 11.7 Å². The second-order valence-electron chi connectivity index (χ2n) is 4.66. The second-order valence-corrected chi connectivity index (χ2v) is 4.66. The van der Waals surface area contributed by atoms with E-state index in [1.807, 2.05) is 49.4 Å². The van der Waals surface area contributed by atoms with Crippen molar-refractivity contribution in [2.24, 2.45) is 4.99 Å². The maximum atomic E-state index is 8.14. The summed E-state index contributed by atoms with van der Waals surface area (Å²) in [5.41, 5.74) is 0.406. The number of aliphatic imine (C=N–C) groups is 1. The van der Waals surface area contributed by atoms with E-state index in [-0.39, 0.29) is 5.84 Å². The summed E-state index contributed by atoms with van der Waals surface area (Å²) in [4.78, 5) is 8.43. The number of benzene rings is 1. The zero-order chi connectivity index (χ0) is 17.2. The third kappa shape index (κ3) is 5.21. The van der Waals surface area contributed by atoms with Gasteiger partial charge >= 0.3 is 0 Å². The minimum absolute atomic E-state index is 0.00930. The third-order valence-electron chi connectivity index (χ3n) is 2.91. The number of nitrogens with zero attached hydrogens (tertiary/aromatic N) is 2. The van der Waals surface area contributed by atoms with Gasteiger partial charge in [0.25, 0.3) is 0 Å². The molecule has 2 aromatic rings. The van der Waals surface area contributed by atoms with Crippen LogP contribution in [0.1, 0.15) is 12.6 Å². The molecule has 1 aromatic carbocycles. The number of ether oxygens (including phenoxy) is 2. The van der Waals surface area contributed by atoms with Gasteiger partial charge in [0.05, 0.1) is 7.11 Å². The molecule has 0 atom stereocenters. The predicted molar refractivity (Wildman–Crippen MR) is 96.1 cm³/mol. The lowest BCUT2D eigenvalue weighted by Gasteiger charge is -2.06. The molecule has 5 nitrogen and oxygen atoms in total. The van der Waals surface area contributed by atoms with Crippen LogP contribution < -0.4 is 9.47 Å². The number of nitrogens with one attached hydrogen (secondary N) is 1. The summed E-state index contributed by atoms with van der Waals surface area (Å²) in [5.74, 6) is 1.37. The van der Waals surface area contributed by atoms with Crippen LogP contribution in [0.5, 0.6) is 11.6 Å². The number of hydrogen-bond acceptors (Lipinski definition) is 4. The lowest BCUT2D eigenvalue weighted by molar-refractivity contribution is 0.397. The summed E-state index contributed by atoms with van der Waals surface area (Å²) < 4.78 is 10.8. The fourth-order valence-corrected chi connectivity index (χ4v) is 1.78. The van der Waals surface area contributed by atoms with E-state index in [0.29, 0.717) is 23.2 Å². The van der Waals surface area contributed by atoms with Crippen LogP contribution in [0.2, 0.25) is 0 Å². The molecule has 0 saturated carbocycles. The van der Waals surface area contributed by atoms with E-state index < -0.39 is 0 Å². The summed E-state index contributed by atoms with van der Waals surface area (Å²) in [6, 6.07) is 14.5. The lowest BCUT2D eigenvalue weighted by atomic mass is 10.3. The highest BCUT2D eigenvalue weighted by molar-refractivity contribution is 6.05. The van der Waals surface area contributed by atoms with Crippen LogP contribution in [-0.4, -0.2) is 23.8 Å². The molecule has 0 aliphatic heterocycles. The molecule has 0 unspecified atom stereocenters. The Morgan fingerprint density at radius 2 is 1.88 bits per heavy atom. The molecule has 0 aliphatic rings. The molecule has 0 radical (unpaired) electrons. The molecule has 122 valence electrons. The van der Waals surface area contributed by atoms with Crippen molar-refractivity contribution in [3.05, 3.63) is 78.5 Å². The van der Waals surface area contributed by atoms with E-state index >= 15 is 0 Å². The Bertz CT molecular complexity index is 765. The number of para-hydroxylation sites is 1. The Morgan fingerprint density at radius 3 is 2.58 bits per heavy atom. The Morgan fingerprint density at radius 1 is 1.08 bits per heavy atom. The number of rotatable bonds is 5. The molecule has 0 amide bonds. The molecule has 1 heterocycles. The van der Waals surface area contributed by atoms with Gasteiger partial charge in [-0.1, -0.05) is 42.5 Å². The molecular weight excluding hydrogens is 302 g/mol. The molecule has 0 spiro atoms. The van der Waals surface area contributed by atoms with Gasteiger partial charge in [0.1, 0.15) is 11.4 Å². The van der Waals surface area contributed by atoms with Crippen LogP contribution in [0.3, 0.4) is 0 Å². The minimum Gasteiger partial charge on any atom is -0.481 e. The third-order valence-corrected chi connectivity index (χ3v) is 2.91. The smallest absolute Gasteiger partial charge is 0.221 e. The van der Waals surface area contributed by atoms with Crippen molar-refractivity contribution in [3.8, 4) is 11.6 Å². The van der Waals surface area contributed by atoms with Crippen LogP contribution in [0.25, 0.3) is 0 Å². The first-order chi connectivity index (χ1) is 11.7. The quantitative estimate of drug-likeness (QED) is 0.514. The second kappa shape index (κ2) is 9.05. The Hall–Kier alpha value is -3.21. The highest BCUT2D eigenvalue weighted by atomic mass is 16.5. The number of allylic oxidation sites excluding steroid dienone is 3. The Balaban J connectivity index is 2.26. The first-order valence-electron chi connectivity index (χ1n) is 7.44. The van der Waals surface area contributed by atoms with E-state index in [9.17, 15) is 0 Å². The summed E-state index contributed by atoms with van der Waals surface area (Å²) in [6.45, 7) is 1.92. The lowest BCUT2D eigenvalue weighted by Crippen LogP contribution is -2.10. The van der Waals surface area contributed by atoms with Gasteiger partial charge in [0.15, 0.2) is 5.84 Å². The van der Waals surface area contributed by atoms with Crippen molar-refractivity contribution in [1.82, 2.24) is 4.98 Å². The zero-order valence-electron chi connectivity index (χ0n) is 13.6. The van der Waals surface area contributed by atoms with Crippen molar-refractivity contribution in [2.75, 3.05) is 7.11 Å². The average molecular weight is 321 g/mol. The SMILES string of the molecule is C/C=C/C=C/C(=NC(=N)c1cccc(OC)n1)Oc1ccccc1. The van der Waals surface area contributed by atoms with Gasteiger partial charge in [0.2, 0.25) is 11.8 Å². The minimum atomic E-state index is -0.00930. The molecule has 0 saturated heterocycles. The van der Waals surface area contributed by atoms with Crippen LogP contribution in [0.4, 0.5) is 0 Å². The summed E-state index contributed by atoms with van der Waals surface area (Å²) in [6.07, 6.45) is 7.25. The molecule has 2 rings (SSSR count). The van der Waals surface area contributed by atoms with Gasteiger partial charge in [-0.3, -0.25) is 5.41 Å². The topological polar surface area (TPSA) is 67.6 Å². The molecule has 0 fully saturated rings. The molecule has 24 heavy (non-hydrogen) atoms. The van der Waals surface area contributed by atoms with Gasteiger partial charge < -0.3 is 9.47 Å². The number of amidine groups is 1. The fraction of sp³-hybridized carbons (Fsp3) is 0.105. The first-order valence-corrected chi connectivity index (χ1v) is 7.44. The molecule has 1 aromatic heterocycles. The number of methoxy groups -OCH3 is 1. The highest BCUT2D eigenvalue weighted by Crippen LogP contribution is 2.11. The van der Waals surface area contributed by atoms with E-state index in [2.05, 4.69) is 9.98 Å². The normalized spacial score (nSPS) is 11.8. The highest BCUT2D eigenvalue weighted by Gasteiger charge is 2.06. The van der Waals surface area contributed by atoms with Crippen molar-refractivity contribution < 1.29 is 9.47 Å². The largest absolute Gasteiger partial charge is 0.481 e. The summed E-state index contributed by atoms with van der Waals surface area (Å²) in [5, 5.41) is 8.14. The van der Waals surface area contributed by atoms with Crippen molar-refractivity contribution in [3.63, 3.8) is 0 Å². The van der Waals surface area contributed by atoms with Crippen molar-refractivity contribution in [1.29, 1.82) is 5.41 Å². The monoisotopic (exact) mass is 321 g/mol. The Labute approximate surface area is 141 Å². The predicted octanol–water partition coefficient (Wildman–Crippen LogP) is 4.03. The van der Waals surface area contributed by atoms with Crippen LogP contribution >= 0.6 is 0 Å². The zero-order valence-corrected chi connectivity index (χ0v) is 13.6. The maximum absolute atomic E-state index is 8.14. The number of pyridine rings is 1. The van der Waals surface area contributed by atoms with E-state index in [1.165, 1.54) is 7.11 Å². The molecule has 5 heteroatoms. The van der Waals surface area contributed by atoms with E-state index in [0.717, 1.165) is 0 Å². The van der Waals surface area contributed by atoms with E-state index in [4.69, 9.17) is 14.9 Å². The standard InChI is InChI=1S/C19H19N3O2/c1-3-4-6-13-18(24-15-10-7-5-8-11-15)22-19(20)16-12-9-14-17(21-16)23-2/h3-14,20H,1-2H3/b4-3+,13-6+,20-19?,22-18?. The summed E-state index contributed by atoms with van der Waals surface area (Å²) >= 11 is 0. The molecule has 1 N–H and O–H groups in total. The maximum Gasteiger partial charge on any atom is 0.221 e. The molecule has 0 bridgehead atoms. The van der Waals surface area contributed by atoms with Crippen LogP contribution in [0, 0.1) is 5.41 Å². The molecular formula is C19H19N3O2. The van der Waals surface area contributed by atoms with Gasteiger partial charge in [-0.15, -0.1) is 0 Å². The van der Waals surface area contributed by atoms with E-state index in [1.54, 1.807) is 30.4 Å². The van der Waals surface area contributed by atoms with Crippen LogP contribution in [0.15, 0.2) is 77.8 Å². The van der Waals surface area contributed by atoms with Gasteiger partial charge in [-0.2, -0.15) is 4.99 Å². The van der Waals surface area contributed by atoms with Gasteiger partial charge in [-0.05, 0) is 25.1 Å². The average Bonchev–Trinajstić information content (AvgIpc) is 2.62. The van der Waals surface area contributed by atoms with Crippen LogP contribution in [-0.2, 0) is 0 Å². The van der Waals surface area contributed by atoms with Gasteiger partial charge in [-0.25, -0.2) is 4.98 Å². The Kier molecular flexibility index (Phi) is 6.46.